The van der Waals surface area contributed by atoms with Crippen molar-refractivity contribution in [3.63, 3.8) is 0 Å². The normalized spacial score (nSPS) is 9.71. The van der Waals surface area contributed by atoms with Crippen molar-refractivity contribution in [2.24, 2.45) is 0 Å². The first-order chi connectivity index (χ1) is 6.27. The molecule has 0 atom stereocenters. The molecule has 4 nitrogen and oxygen atoms in total. The lowest BCUT2D eigenvalue weighted by Gasteiger charge is -1.88. The van der Waals surface area contributed by atoms with Crippen molar-refractivity contribution in [2.45, 2.75) is 13.8 Å². The Labute approximate surface area is 81.1 Å². The maximum Gasteiger partial charge on any atom is 0.309 e. The molecule has 0 unspecified atom stereocenters. The summed E-state index contributed by atoms with van der Waals surface area (Å²) >= 11 is 0. The van der Waals surface area contributed by atoms with Crippen LogP contribution in [0.15, 0.2) is 28.8 Å². The molecule has 0 aliphatic heterocycles. The third kappa shape index (κ3) is 1.74. The van der Waals surface area contributed by atoms with Gasteiger partial charge in [0.2, 0.25) is 0 Å². The molecular formula is C10H11NO3. The summed E-state index contributed by atoms with van der Waals surface area (Å²) in [6.45, 7) is 0. The van der Waals surface area contributed by atoms with Crippen LogP contribution in [0.25, 0.3) is 11.0 Å². The van der Waals surface area contributed by atoms with E-state index < -0.39 is 5.97 Å². The van der Waals surface area contributed by atoms with Crippen molar-refractivity contribution in [2.75, 3.05) is 0 Å². The quantitative estimate of drug-likeness (QED) is 0.793. The number of hydrogen-bond donors (Lipinski definition) is 1. The van der Waals surface area contributed by atoms with E-state index in [4.69, 9.17) is 9.63 Å². The van der Waals surface area contributed by atoms with E-state index in [9.17, 15) is 4.79 Å². The highest BCUT2D eigenvalue weighted by Gasteiger charge is 2.09. The molecule has 0 saturated heterocycles. The van der Waals surface area contributed by atoms with E-state index >= 15 is 0 Å². The largest absolute Gasteiger partial charge is 0.481 e. The number of para-hydroxylation sites is 1. The van der Waals surface area contributed by atoms with Gasteiger partial charge in [0, 0.05) is 5.39 Å². The van der Waals surface area contributed by atoms with Crippen LogP contribution in [-0.4, -0.2) is 16.2 Å². The highest BCUT2D eigenvalue weighted by Crippen LogP contribution is 2.17. The van der Waals surface area contributed by atoms with Crippen LogP contribution in [0, 0.1) is 0 Å². The molecule has 74 valence electrons. The molecular weight excluding hydrogens is 182 g/mol. The highest BCUT2D eigenvalue weighted by molar-refractivity contribution is 5.83. The average molecular weight is 193 g/mol. The number of rotatable bonds is 2. The minimum Gasteiger partial charge on any atom is -0.481 e. The second-order valence-electron chi connectivity index (χ2n) is 2.70. The van der Waals surface area contributed by atoms with Crippen LogP contribution in [0.5, 0.6) is 0 Å². The molecule has 0 fully saturated rings. The minimum absolute atomic E-state index is 0. The van der Waals surface area contributed by atoms with Crippen molar-refractivity contribution in [1.82, 2.24) is 5.16 Å². The van der Waals surface area contributed by atoms with Crippen molar-refractivity contribution in [3.05, 3.63) is 30.0 Å². The van der Waals surface area contributed by atoms with Gasteiger partial charge in [0.1, 0.15) is 5.69 Å². The molecule has 0 radical (unpaired) electrons. The Morgan fingerprint density at radius 3 is 2.86 bits per heavy atom. The first-order valence-electron chi connectivity index (χ1n) is 3.82. The number of carboxylic acid groups (broad SMARTS) is 1. The number of aromatic nitrogens is 1. The van der Waals surface area contributed by atoms with Crippen molar-refractivity contribution >= 4 is 16.9 Å². The summed E-state index contributed by atoms with van der Waals surface area (Å²) in [5.41, 5.74) is 1.10. The van der Waals surface area contributed by atoms with Gasteiger partial charge in [-0.1, -0.05) is 24.7 Å². The number of benzene rings is 1. The molecule has 0 spiro atoms. The third-order valence-electron chi connectivity index (χ3n) is 1.77. The smallest absolute Gasteiger partial charge is 0.309 e. The maximum atomic E-state index is 10.4. The minimum atomic E-state index is -0.904. The molecule has 0 aliphatic rings. The molecule has 0 saturated carbocycles. The molecule has 0 bridgehead atoms. The Hall–Kier alpha value is -1.84. The SMILES string of the molecule is C.O=C(O)Cc1noc2ccccc12. The standard InChI is InChI=1S/C9H7NO3.CH4/c11-9(12)5-7-6-3-1-2-4-8(6)13-10-7;/h1-4H,5H2,(H,11,12);1H4. The van der Waals surface area contributed by atoms with E-state index in [1.807, 2.05) is 12.1 Å². The van der Waals surface area contributed by atoms with Gasteiger partial charge in [-0.05, 0) is 12.1 Å². The fraction of sp³-hybridized carbons (Fsp3) is 0.200. The lowest BCUT2D eigenvalue weighted by Crippen LogP contribution is -2.00. The summed E-state index contributed by atoms with van der Waals surface area (Å²) in [6.07, 6.45) is -0.100. The van der Waals surface area contributed by atoms with Crippen molar-refractivity contribution in [3.8, 4) is 0 Å². The van der Waals surface area contributed by atoms with Gasteiger partial charge in [0.25, 0.3) is 0 Å². The second kappa shape index (κ2) is 3.91. The molecule has 1 aromatic heterocycles. The summed E-state index contributed by atoms with van der Waals surface area (Å²) in [6, 6.07) is 7.20. The summed E-state index contributed by atoms with van der Waals surface area (Å²) in [5, 5.41) is 13.0. The maximum absolute atomic E-state index is 10.4. The zero-order valence-corrected chi connectivity index (χ0v) is 6.73. The van der Waals surface area contributed by atoms with Crippen LogP contribution in [-0.2, 0) is 11.2 Å². The van der Waals surface area contributed by atoms with E-state index in [0.717, 1.165) is 5.39 Å². The van der Waals surface area contributed by atoms with Crippen LogP contribution in [0.2, 0.25) is 0 Å². The van der Waals surface area contributed by atoms with Gasteiger partial charge in [-0.25, -0.2) is 0 Å². The molecule has 0 aliphatic carbocycles. The predicted octanol–water partition coefficient (Wildman–Crippen LogP) is 2.09. The molecule has 2 aromatic rings. The van der Waals surface area contributed by atoms with Gasteiger partial charge in [-0.3, -0.25) is 4.79 Å². The Kier molecular flexibility index (Phi) is 2.86. The summed E-state index contributed by atoms with van der Waals surface area (Å²) < 4.78 is 4.94. The number of carbonyl (C=O) groups is 1. The Morgan fingerprint density at radius 1 is 1.43 bits per heavy atom. The Bertz CT molecular complexity index is 447. The average Bonchev–Trinajstić information content (AvgIpc) is 2.48. The van der Waals surface area contributed by atoms with E-state index in [1.165, 1.54) is 0 Å². The topological polar surface area (TPSA) is 63.3 Å². The van der Waals surface area contributed by atoms with Gasteiger partial charge >= 0.3 is 5.97 Å². The highest BCUT2D eigenvalue weighted by atomic mass is 16.5. The van der Waals surface area contributed by atoms with Gasteiger partial charge in [-0.2, -0.15) is 0 Å². The van der Waals surface area contributed by atoms with Crippen LogP contribution in [0.1, 0.15) is 13.1 Å². The van der Waals surface area contributed by atoms with Crippen LogP contribution in [0.3, 0.4) is 0 Å². The Morgan fingerprint density at radius 2 is 2.14 bits per heavy atom. The Balaban J connectivity index is 0.000000980. The number of fused-ring (bicyclic) bond motifs is 1. The molecule has 14 heavy (non-hydrogen) atoms. The van der Waals surface area contributed by atoms with Crippen molar-refractivity contribution < 1.29 is 14.4 Å². The molecule has 0 amide bonds. The fourth-order valence-electron chi connectivity index (χ4n) is 1.21. The van der Waals surface area contributed by atoms with E-state index in [-0.39, 0.29) is 13.8 Å². The van der Waals surface area contributed by atoms with Gasteiger partial charge in [0.15, 0.2) is 5.58 Å². The zero-order chi connectivity index (χ0) is 9.26. The number of carboxylic acids is 1. The monoisotopic (exact) mass is 193 g/mol. The number of hydrogen-bond acceptors (Lipinski definition) is 3. The molecule has 4 heteroatoms. The first kappa shape index (κ1) is 10.2. The van der Waals surface area contributed by atoms with Gasteiger partial charge in [0.05, 0.1) is 6.42 Å². The van der Waals surface area contributed by atoms with Gasteiger partial charge < -0.3 is 9.63 Å². The molecule has 2 rings (SSSR count). The fourth-order valence-corrected chi connectivity index (χ4v) is 1.21. The predicted molar refractivity (Wildman–Crippen MR) is 52.1 cm³/mol. The van der Waals surface area contributed by atoms with E-state index in [0.29, 0.717) is 11.3 Å². The molecule has 1 heterocycles. The second-order valence-corrected chi connectivity index (χ2v) is 2.70. The molecule has 1 N–H and O–H groups in total. The van der Waals surface area contributed by atoms with Crippen LogP contribution >= 0.6 is 0 Å². The van der Waals surface area contributed by atoms with Gasteiger partial charge in [-0.15, -0.1) is 0 Å². The van der Waals surface area contributed by atoms with Crippen LogP contribution < -0.4 is 0 Å². The van der Waals surface area contributed by atoms with Crippen LogP contribution in [0.4, 0.5) is 0 Å². The third-order valence-corrected chi connectivity index (χ3v) is 1.77. The zero-order valence-electron chi connectivity index (χ0n) is 6.73. The summed E-state index contributed by atoms with van der Waals surface area (Å²) in [7, 11) is 0. The lowest BCUT2D eigenvalue weighted by molar-refractivity contribution is -0.136. The van der Waals surface area contributed by atoms with Crippen molar-refractivity contribution in [1.29, 1.82) is 0 Å². The summed E-state index contributed by atoms with van der Waals surface area (Å²) in [5.74, 6) is -0.904. The first-order valence-corrected chi connectivity index (χ1v) is 3.82. The number of nitrogens with zero attached hydrogens (tertiary/aromatic N) is 1. The number of aliphatic carboxylic acids is 1. The van der Waals surface area contributed by atoms with E-state index in [2.05, 4.69) is 5.16 Å². The molecule has 1 aromatic carbocycles. The summed E-state index contributed by atoms with van der Waals surface area (Å²) in [4.78, 5) is 10.4. The lowest BCUT2D eigenvalue weighted by atomic mass is 10.2. The van der Waals surface area contributed by atoms with E-state index in [1.54, 1.807) is 12.1 Å².